The molecule has 0 amide bonds. The van der Waals surface area contributed by atoms with Crippen molar-refractivity contribution < 1.29 is 0 Å². The highest BCUT2D eigenvalue weighted by atomic mass is 28.3. The van der Waals surface area contributed by atoms with E-state index in [1.54, 1.807) is 5.19 Å². The van der Waals surface area contributed by atoms with Crippen LogP contribution in [0, 0.1) is 12.3 Å². The van der Waals surface area contributed by atoms with Gasteiger partial charge in [-0.15, -0.1) is 0 Å². The van der Waals surface area contributed by atoms with Crippen LogP contribution in [0.3, 0.4) is 0 Å². The number of hydrogen-bond donors (Lipinski definition) is 0. The lowest BCUT2D eigenvalue weighted by Crippen LogP contribution is -2.26. The number of rotatable bonds is 5. The van der Waals surface area contributed by atoms with E-state index < -0.39 is 8.80 Å². The summed E-state index contributed by atoms with van der Waals surface area (Å²) in [6.07, 6.45) is 4.99. The first-order valence-electron chi connectivity index (χ1n) is 17.0. The molecule has 0 bridgehead atoms. The first-order chi connectivity index (χ1) is 21.2. The molecular weight excluding hydrogens is 557 g/mol. The van der Waals surface area contributed by atoms with Gasteiger partial charge in [-0.3, -0.25) is 0 Å². The van der Waals surface area contributed by atoms with E-state index >= 15 is 0 Å². The third-order valence-corrected chi connectivity index (χ3v) is 11.8. The summed E-state index contributed by atoms with van der Waals surface area (Å²) in [6, 6.07) is 30.6. The van der Waals surface area contributed by atoms with Crippen LogP contribution in [0.1, 0.15) is 102 Å². The molecule has 0 spiro atoms. The molecule has 0 saturated carbocycles. The van der Waals surface area contributed by atoms with E-state index in [9.17, 15) is 0 Å². The Morgan fingerprint density at radius 2 is 1.24 bits per heavy atom. The zero-order chi connectivity index (χ0) is 32.4. The highest BCUT2D eigenvalue weighted by Gasteiger charge is 2.38. The summed E-state index contributed by atoms with van der Waals surface area (Å²) in [5.74, 6) is 0.697. The van der Waals surface area contributed by atoms with Crippen molar-refractivity contribution in [3.8, 4) is 22.3 Å². The average molecular weight is 608 g/mol. The summed E-state index contributed by atoms with van der Waals surface area (Å²) < 4.78 is 0. The van der Waals surface area contributed by atoms with E-state index in [4.69, 9.17) is 0 Å². The quantitative estimate of drug-likeness (QED) is 0.198. The van der Waals surface area contributed by atoms with Crippen molar-refractivity contribution in [2.75, 3.05) is 0 Å². The van der Waals surface area contributed by atoms with Crippen LogP contribution in [-0.2, 0) is 10.8 Å². The van der Waals surface area contributed by atoms with Crippen molar-refractivity contribution in [3.05, 3.63) is 130 Å². The molecule has 231 valence electrons. The van der Waals surface area contributed by atoms with E-state index in [-0.39, 0.29) is 16.7 Å². The minimum atomic E-state index is -1.12. The summed E-state index contributed by atoms with van der Waals surface area (Å²) in [5.41, 5.74) is 18.7. The first-order valence-corrected chi connectivity index (χ1v) is 19.8. The monoisotopic (exact) mass is 607 g/mol. The van der Waals surface area contributed by atoms with Gasteiger partial charge in [0.1, 0.15) is 0 Å². The fourth-order valence-corrected chi connectivity index (χ4v) is 8.87. The Bertz CT molecular complexity index is 1810. The molecule has 4 aromatic carbocycles. The van der Waals surface area contributed by atoms with Gasteiger partial charge in [-0.1, -0.05) is 170 Å². The van der Waals surface area contributed by atoms with E-state index in [1.165, 1.54) is 72.4 Å². The molecular formula is C44H51Si. The predicted octanol–water partition coefficient (Wildman–Crippen LogP) is 11.5. The van der Waals surface area contributed by atoms with Gasteiger partial charge in [-0.05, 0) is 84.9 Å². The van der Waals surface area contributed by atoms with Crippen LogP contribution in [0.2, 0.25) is 13.1 Å². The minimum absolute atomic E-state index is 0.136. The molecule has 0 aliphatic heterocycles. The van der Waals surface area contributed by atoms with Gasteiger partial charge < -0.3 is 0 Å². The average Bonchev–Trinajstić information content (AvgIpc) is 3.52. The van der Waals surface area contributed by atoms with Gasteiger partial charge >= 0.3 is 0 Å². The zero-order valence-electron chi connectivity index (χ0n) is 29.4. The van der Waals surface area contributed by atoms with Crippen LogP contribution in [0.5, 0.6) is 0 Å². The normalized spacial score (nSPS) is 16.5. The van der Waals surface area contributed by atoms with Crippen molar-refractivity contribution in [2.24, 2.45) is 5.92 Å². The van der Waals surface area contributed by atoms with Gasteiger partial charge in [0.2, 0.25) is 0 Å². The Morgan fingerprint density at radius 1 is 0.667 bits per heavy atom. The fraction of sp³-hybridized carbons (Fsp3) is 0.341. The lowest BCUT2D eigenvalue weighted by Gasteiger charge is -2.27. The van der Waals surface area contributed by atoms with Gasteiger partial charge in [-0.25, -0.2) is 0 Å². The minimum Gasteiger partial charge on any atom is -0.0682 e. The fourth-order valence-electron chi connectivity index (χ4n) is 7.50. The largest absolute Gasteiger partial charge is 0.0682 e. The second-order valence-corrected chi connectivity index (χ2v) is 19.0. The van der Waals surface area contributed by atoms with Crippen molar-refractivity contribution >= 4 is 25.6 Å². The van der Waals surface area contributed by atoms with Crippen LogP contribution in [0.15, 0.2) is 90.0 Å². The van der Waals surface area contributed by atoms with Gasteiger partial charge in [0, 0.05) is 12.3 Å². The Labute approximate surface area is 274 Å². The van der Waals surface area contributed by atoms with E-state index in [1.807, 2.05) is 0 Å². The molecule has 0 heterocycles. The van der Waals surface area contributed by atoms with Crippen LogP contribution >= 0.6 is 0 Å². The molecule has 0 nitrogen and oxygen atoms in total. The maximum atomic E-state index is 2.54. The van der Waals surface area contributed by atoms with Crippen LogP contribution in [-0.4, -0.2) is 8.80 Å². The molecule has 0 N–H and O–H groups in total. The molecule has 1 heteroatoms. The van der Waals surface area contributed by atoms with Gasteiger partial charge in [0.15, 0.2) is 0 Å². The summed E-state index contributed by atoms with van der Waals surface area (Å²) in [4.78, 5) is 0. The van der Waals surface area contributed by atoms with Gasteiger partial charge in [0.05, 0.1) is 8.80 Å². The topological polar surface area (TPSA) is 0 Å². The highest BCUT2D eigenvalue weighted by molar-refractivity contribution is 6.72. The van der Waals surface area contributed by atoms with Crippen LogP contribution in [0.25, 0.3) is 33.9 Å². The van der Waals surface area contributed by atoms with Gasteiger partial charge in [-0.2, -0.15) is 0 Å². The molecule has 0 saturated heterocycles. The molecule has 2 aliphatic carbocycles. The third kappa shape index (κ3) is 5.63. The SMILES string of the molecule is CC1=C(C2C(C(C)C)=Cc3c(-c4ccc(C(C)(C)C)cc4)cccc32)c2c(ccc([SiH](C)C)c2-c2ccc(C(C)(C)C)cc2)[CH]1. The number of hydrogen-bond acceptors (Lipinski definition) is 0. The molecule has 45 heavy (non-hydrogen) atoms. The molecule has 0 fully saturated rings. The third-order valence-electron chi connectivity index (χ3n) is 10.1. The first kappa shape index (κ1) is 31.6. The summed E-state index contributed by atoms with van der Waals surface area (Å²) in [5, 5.41) is 1.57. The smallest absolute Gasteiger partial charge is 0.0655 e. The maximum absolute atomic E-state index is 2.54. The van der Waals surface area contributed by atoms with Crippen molar-refractivity contribution in [1.82, 2.24) is 0 Å². The van der Waals surface area contributed by atoms with Crippen molar-refractivity contribution in [2.45, 2.75) is 92.2 Å². The Kier molecular flexibility index (Phi) is 8.01. The Hall–Kier alpha value is -3.42. The lowest BCUT2D eigenvalue weighted by atomic mass is 9.78. The second kappa shape index (κ2) is 11.4. The number of benzene rings is 4. The van der Waals surface area contributed by atoms with Crippen molar-refractivity contribution in [1.29, 1.82) is 0 Å². The Morgan fingerprint density at radius 3 is 1.78 bits per heavy atom. The number of allylic oxidation sites excluding steroid dienone is 3. The van der Waals surface area contributed by atoms with E-state index in [2.05, 4.69) is 167 Å². The summed E-state index contributed by atoms with van der Waals surface area (Å²) in [7, 11) is -1.12. The molecule has 1 radical (unpaired) electrons. The zero-order valence-corrected chi connectivity index (χ0v) is 30.5. The van der Waals surface area contributed by atoms with Crippen molar-refractivity contribution in [3.63, 3.8) is 0 Å². The van der Waals surface area contributed by atoms with E-state index in [0.29, 0.717) is 5.92 Å². The number of fused-ring (bicyclic) bond motifs is 2. The standard InChI is InChI=1S/C44H51Si/c1-27(2)36-26-37-34(29-15-20-32(21-16-29)43(4,5)6)13-12-14-35(37)42(36)39-28(3)25-31-19-24-38(45(10)11)40(41(31)39)30-17-22-33(23-18-30)44(7,8)9/h12-27,42,45H,1-11H3. The van der Waals surface area contributed by atoms with Gasteiger partial charge in [0.25, 0.3) is 0 Å². The predicted molar refractivity (Wildman–Crippen MR) is 201 cm³/mol. The molecule has 4 aromatic rings. The molecule has 1 unspecified atom stereocenters. The summed E-state index contributed by atoms with van der Waals surface area (Å²) in [6.45, 7) is 25.8. The van der Waals surface area contributed by atoms with Crippen LogP contribution < -0.4 is 5.19 Å². The summed E-state index contributed by atoms with van der Waals surface area (Å²) >= 11 is 0. The van der Waals surface area contributed by atoms with Crippen LogP contribution in [0.4, 0.5) is 0 Å². The maximum Gasteiger partial charge on any atom is 0.0655 e. The second-order valence-electron chi connectivity index (χ2n) is 16.1. The molecule has 1 atom stereocenters. The highest BCUT2D eigenvalue weighted by Crippen LogP contribution is 2.55. The molecule has 2 aliphatic rings. The van der Waals surface area contributed by atoms with E-state index in [0.717, 1.165) is 0 Å². The lowest BCUT2D eigenvalue weighted by molar-refractivity contribution is 0.590. The molecule has 6 rings (SSSR count). The Balaban J connectivity index is 1.54. The molecule has 0 aromatic heterocycles.